The predicted octanol–water partition coefficient (Wildman–Crippen LogP) is 5.46. The van der Waals surface area contributed by atoms with E-state index in [1.807, 2.05) is 72.8 Å². The Morgan fingerprint density at radius 2 is 1.20 bits per heavy atom. The molecule has 3 aromatic rings. The molecule has 2 N–H and O–H groups in total. The Morgan fingerprint density at radius 3 is 1.69 bits per heavy atom. The molecule has 3 aromatic carbocycles. The topological polar surface area (TPSA) is 83.5 Å². The number of carbonyl (C=O) groups is 3. The zero-order chi connectivity index (χ0) is 24.5. The van der Waals surface area contributed by atoms with Crippen LogP contribution in [-0.4, -0.2) is 22.8 Å². The SMILES string of the molecule is CC(=O)c1ccc(NC(=O)[C@@H]2[C@@H](C(=O)O)[C@H]3C=C[C@H]2C3=C(c2ccccc2)c2ccccc2)cc1. The van der Waals surface area contributed by atoms with Gasteiger partial charge in [-0.05, 0) is 53.5 Å². The van der Waals surface area contributed by atoms with Crippen molar-refractivity contribution in [3.63, 3.8) is 0 Å². The molecular formula is C30H25NO4. The first-order valence-corrected chi connectivity index (χ1v) is 11.6. The number of anilines is 1. The minimum Gasteiger partial charge on any atom is -0.481 e. The monoisotopic (exact) mass is 463 g/mol. The van der Waals surface area contributed by atoms with E-state index < -0.39 is 17.8 Å². The molecule has 5 rings (SSSR count). The largest absolute Gasteiger partial charge is 0.481 e. The fraction of sp³-hybridized carbons (Fsp3) is 0.167. The number of nitrogens with one attached hydrogen (secondary N) is 1. The van der Waals surface area contributed by atoms with E-state index >= 15 is 0 Å². The van der Waals surface area contributed by atoms with Crippen LogP contribution in [0.5, 0.6) is 0 Å². The van der Waals surface area contributed by atoms with Gasteiger partial charge in [0.1, 0.15) is 0 Å². The summed E-state index contributed by atoms with van der Waals surface area (Å²) >= 11 is 0. The molecule has 1 fully saturated rings. The molecule has 5 nitrogen and oxygen atoms in total. The molecule has 4 atom stereocenters. The molecule has 0 saturated heterocycles. The number of fused-ring (bicyclic) bond motifs is 2. The van der Waals surface area contributed by atoms with E-state index in [1.165, 1.54) is 6.92 Å². The van der Waals surface area contributed by atoms with Crippen molar-refractivity contribution in [2.45, 2.75) is 6.92 Å². The number of Topliss-reactive ketones (excluding diaryl/α,β-unsaturated/α-hetero) is 1. The number of rotatable bonds is 6. The summed E-state index contributed by atoms with van der Waals surface area (Å²) in [7, 11) is 0. The van der Waals surface area contributed by atoms with Crippen molar-refractivity contribution in [1.29, 1.82) is 0 Å². The number of allylic oxidation sites excluding steroid dienone is 3. The second-order valence-corrected chi connectivity index (χ2v) is 9.01. The molecule has 1 saturated carbocycles. The zero-order valence-electron chi connectivity index (χ0n) is 19.2. The summed E-state index contributed by atoms with van der Waals surface area (Å²) < 4.78 is 0. The molecule has 2 aliphatic carbocycles. The van der Waals surface area contributed by atoms with Crippen molar-refractivity contribution in [3.8, 4) is 0 Å². The molecular weight excluding hydrogens is 438 g/mol. The van der Waals surface area contributed by atoms with Gasteiger partial charge in [-0.3, -0.25) is 14.4 Å². The van der Waals surface area contributed by atoms with Gasteiger partial charge < -0.3 is 10.4 Å². The molecule has 0 radical (unpaired) electrons. The lowest BCUT2D eigenvalue weighted by molar-refractivity contribution is -0.146. The smallest absolute Gasteiger partial charge is 0.308 e. The number of carbonyl (C=O) groups excluding carboxylic acids is 2. The van der Waals surface area contributed by atoms with E-state index in [-0.39, 0.29) is 23.5 Å². The molecule has 1 amide bonds. The predicted molar refractivity (Wildman–Crippen MR) is 135 cm³/mol. The molecule has 0 aliphatic heterocycles. The molecule has 0 aromatic heterocycles. The van der Waals surface area contributed by atoms with Gasteiger partial charge in [-0.1, -0.05) is 72.8 Å². The second-order valence-electron chi connectivity index (χ2n) is 9.01. The molecule has 2 bridgehead atoms. The number of hydrogen-bond donors (Lipinski definition) is 2. The Kier molecular flexibility index (Phi) is 5.91. The van der Waals surface area contributed by atoms with Crippen molar-refractivity contribution < 1.29 is 19.5 Å². The second kappa shape index (κ2) is 9.18. The van der Waals surface area contributed by atoms with Gasteiger partial charge in [-0.25, -0.2) is 0 Å². The Balaban J connectivity index is 1.57. The third kappa shape index (κ3) is 4.10. The van der Waals surface area contributed by atoms with Gasteiger partial charge in [0.25, 0.3) is 0 Å². The summed E-state index contributed by atoms with van der Waals surface area (Å²) in [6.07, 6.45) is 3.92. The lowest BCUT2D eigenvalue weighted by atomic mass is 9.82. The quantitative estimate of drug-likeness (QED) is 0.375. The van der Waals surface area contributed by atoms with E-state index in [4.69, 9.17) is 0 Å². The first-order chi connectivity index (χ1) is 17.0. The van der Waals surface area contributed by atoms with Gasteiger partial charge in [0.2, 0.25) is 5.91 Å². The molecule has 0 spiro atoms. The first kappa shape index (κ1) is 22.5. The summed E-state index contributed by atoms with van der Waals surface area (Å²) in [6, 6.07) is 26.5. The number of carboxylic acid groups (broad SMARTS) is 1. The Labute approximate surface area is 203 Å². The van der Waals surface area contributed by atoms with Gasteiger partial charge >= 0.3 is 5.97 Å². The fourth-order valence-electron chi connectivity index (χ4n) is 5.43. The molecule has 35 heavy (non-hydrogen) atoms. The highest BCUT2D eigenvalue weighted by atomic mass is 16.4. The summed E-state index contributed by atoms with van der Waals surface area (Å²) in [4.78, 5) is 37.5. The lowest BCUT2D eigenvalue weighted by Gasteiger charge is -2.23. The molecule has 0 heterocycles. The van der Waals surface area contributed by atoms with Crippen LogP contribution >= 0.6 is 0 Å². The number of carboxylic acids is 1. The minimum atomic E-state index is -0.980. The van der Waals surface area contributed by atoms with Crippen LogP contribution in [0.25, 0.3) is 5.57 Å². The third-order valence-electron chi connectivity index (χ3n) is 6.97. The van der Waals surface area contributed by atoms with Crippen LogP contribution < -0.4 is 5.32 Å². The summed E-state index contributed by atoms with van der Waals surface area (Å²) in [5.41, 5.74) is 5.04. The minimum absolute atomic E-state index is 0.0591. The zero-order valence-corrected chi connectivity index (χ0v) is 19.2. The molecule has 5 heteroatoms. The van der Waals surface area contributed by atoms with Crippen LogP contribution in [0.1, 0.15) is 28.4 Å². The number of amides is 1. The Hall–Kier alpha value is -4.25. The van der Waals surface area contributed by atoms with Crippen molar-refractivity contribution in [2.75, 3.05) is 5.32 Å². The summed E-state index contributed by atoms with van der Waals surface area (Å²) in [5, 5.41) is 13.1. The van der Waals surface area contributed by atoms with Crippen LogP contribution in [0.15, 0.2) is 103 Å². The van der Waals surface area contributed by atoms with Gasteiger partial charge in [-0.2, -0.15) is 0 Å². The highest BCUT2D eigenvalue weighted by Crippen LogP contribution is 2.55. The molecule has 0 unspecified atom stereocenters. The van der Waals surface area contributed by atoms with E-state index in [0.717, 1.165) is 22.3 Å². The maximum absolute atomic E-state index is 13.5. The number of ketones is 1. The average molecular weight is 464 g/mol. The standard InChI is InChI=1S/C30H25NO4/c1-18(32)19-12-14-22(15-13-19)31-29(33)27-23-16-17-24(28(27)30(34)35)26(23)25(20-8-4-2-5-9-20)21-10-6-3-7-11-21/h2-17,23-24,27-28H,1H3,(H,31,33)(H,34,35)/t23-,24-,27-,28-/m0/s1. The summed E-state index contributed by atoms with van der Waals surface area (Å²) in [6.45, 7) is 1.48. The van der Waals surface area contributed by atoms with Crippen molar-refractivity contribution in [1.82, 2.24) is 0 Å². The van der Waals surface area contributed by atoms with Gasteiger partial charge in [-0.15, -0.1) is 0 Å². The van der Waals surface area contributed by atoms with E-state index in [9.17, 15) is 19.5 Å². The average Bonchev–Trinajstić information content (AvgIpc) is 3.42. The van der Waals surface area contributed by atoms with E-state index in [2.05, 4.69) is 5.32 Å². The number of hydrogen-bond acceptors (Lipinski definition) is 3. The highest BCUT2D eigenvalue weighted by Gasteiger charge is 2.55. The number of benzene rings is 3. The van der Waals surface area contributed by atoms with Gasteiger partial charge in [0.05, 0.1) is 11.8 Å². The highest BCUT2D eigenvalue weighted by molar-refractivity contribution is 5.99. The van der Waals surface area contributed by atoms with Crippen LogP contribution in [-0.2, 0) is 9.59 Å². The maximum atomic E-state index is 13.5. The maximum Gasteiger partial charge on any atom is 0.308 e. The van der Waals surface area contributed by atoms with Crippen LogP contribution in [0.4, 0.5) is 5.69 Å². The van der Waals surface area contributed by atoms with Gasteiger partial charge in [0.15, 0.2) is 5.78 Å². The molecule has 174 valence electrons. The van der Waals surface area contributed by atoms with Crippen molar-refractivity contribution in [2.24, 2.45) is 23.7 Å². The summed E-state index contributed by atoms with van der Waals surface area (Å²) in [5.74, 6) is -3.67. The van der Waals surface area contributed by atoms with E-state index in [0.29, 0.717) is 11.3 Å². The normalized spacial score (nSPS) is 22.1. The van der Waals surface area contributed by atoms with Crippen LogP contribution in [0.3, 0.4) is 0 Å². The first-order valence-electron chi connectivity index (χ1n) is 11.6. The third-order valence-corrected chi connectivity index (χ3v) is 6.97. The number of aliphatic carboxylic acids is 1. The van der Waals surface area contributed by atoms with E-state index in [1.54, 1.807) is 24.3 Å². The van der Waals surface area contributed by atoms with Crippen LogP contribution in [0, 0.1) is 23.7 Å². The fourth-order valence-corrected chi connectivity index (χ4v) is 5.43. The Morgan fingerprint density at radius 1 is 0.686 bits per heavy atom. The molecule has 2 aliphatic rings. The Bertz CT molecular complexity index is 1300. The lowest BCUT2D eigenvalue weighted by Crippen LogP contribution is -2.36. The van der Waals surface area contributed by atoms with Crippen LogP contribution in [0.2, 0.25) is 0 Å². The van der Waals surface area contributed by atoms with Crippen molar-refractivity contribution >= 4 is 28.9 Å². The van der Waals surface area contributed by atoms with Crippen molar-refractivity contribution in [3.05, 3.63) is 119 Å². The van der Waals surface area contributed by atoms with Gasteiger partial charge in [0, 0.05) is 23.1 Å².